The first kappa shape index (κ1) is 21.3. The van der Waals surface area contributed by atoms with E-state index in [1.807, 2.05) is 38.1 Å². The summed E-state index contributed by atoms with van der Waals surface area (Å²) < 4.78 is 1.76. The molecule has 2 N–H and O–H groups in total. The van der Waals surface area contributed by atoms with Crippen LogP contribution in [0.2, 0.25) is 0 Å². The predicted molar refractivity (Wildman–Crippen MR) is 119 cm³/mol. The Morgan fingerprint density at radius 1 is 1.00 bits per heavy atom. The third-order valence-corrected chi connectivity index (χ3v) is 4.77. The van der Waals surface area contributed by atoms with Gasteiger partial charge in [-0.15, -0.1) is 0 Å². The van der Waals surface area contributed by atoms with Gasteiger partial charge in [-0.25, -0.2) is 4.68 Å². The summed E-state index contributed by atoms with van der Waals surface area (Å²) in [6, 6.07) is 16.8. The SMILES string of the molecule is Cc1ccc(-n2nc(C(C)(C)C)cc2NC(=O)CNC(=O)c2ccccc2)c(C)c1. The Hall–Kier alpha value is -3.41. The smallest absolute Gasteiger partial charge is 0.251 e. The van der Waals surface area contributed by atoms with Gasteiger partial charge in [0, 0.05) is 17.0 Å². The van der Waals surface area contributed by atoms with Gasteiger partial charge in [-0.05, 0) is 37.6 Å². The van der Waals surface area contributed by atoms with Crippen LogP contribution in [0.25, 0.3) is 5.69 Å². The average Bonchev–Trinajstić information content (AvgIpc) is 3.10. The zero-order valence-electron chi connectivity index (χ0n) is 18.1. The molecule has 6 nitrogen and oxygen atoms in total. The van der Waals surface area contributed by atoms with Crippen molar-refractivity contribution in [3.63, 3.8) is 0 Å². The molecule has 0 spiro atoms. The molecule has 3 aromatic rings. The van der Waals surface area contributed by atoms with Crippen LogP contribution in [0.4, 0.5) is 5.82 Å². The van der Waals surface area contributed by atoms with Crippen LogP contribution in [-0.4, -0.2) is 28.1 Å². The maximum absolute atomic E-state index is 12.6. The number of carbonyl (C=O) groups excluding carboxylic acids is 2. The van der Waals surface area contributed by atoms with Crippen LogP contribution in [0.3, 0.4) is 0 Å². The predicted octanol–water partition coefficient (Wildman–Crippen LogP) is 4.16. The summed E-state index contributed by atoms with van der Waals surface area (Å²) in [5, 5.41) is 10.3. The molecule has 0 atom stereocenters. The van der Waals surface area contributed by atoms with Crippen molar-refractivity contribution < 1.29 is 9.59 Å². The number of nitrogens with zero attached hydrogens (tertiary/aromatic N) is 2. The number of amides is 2. The largest absolute Gasteiger partial charge is 0.343 e. The van der Waals surface area contributed by atoms with Crippen LogP contribution < -0.4 is 10.6 Å². The van der Waals surface area contributed by atoms with Gasteiger partial charge in [-0.3, -0.25) is 9.59 Å². The molecule has 0 fully saturated rings. The lowest BCUT2D eigenvalue weighted by molar-refractivity contribution is -0.115. The summed E-state index contributed by atoms with van der Waals surface area (Å²) in [7, 11) is 0. The molecular formula is C24H28N4O2. The van der Waals surface area contributed by atoms with E-state index in [4.69, 9.17) is 5.10 Å². The number of aromatic nitrogens is 2. The molecule has 1 aromatic heterocycles. The molecular weight excluding hydrogens is 376 g/mol. The number of benzene rings is 2. The van der Waals surface area contributed by atoms with E-state index < -0.39 is 0 Å². The highest BCUT2D eigenvalue weighted by Gasteiger charge is 2.22. The average molecular weight is 405 g/mol. The van der Waals surface area contributed by atoms with Gasteiger partial charge in [-0.1, -0.05) is 56.7 Å². The Kier molecular flexibility index (Phi) is 6.06. The first-order valence-electron chi connectivity index (χ1n) is 9.96. The number of hydrogen-bond acceptors (Lipinski definition) is 3. The third kappa shape index (κ3) is 4.95. The molecule has 156 valence electrons. The van der Waals surface area contributed by atoms with E-state index in [0.29, 0.717) is 11.4 Å². The fourth-order valence-corrected chi connectivity index (χ4v) is 3.10. The normalized spacial score (nSPS) is 11.2. The fourth-order valence-electron chi connectivity index (χ4n) is 3.10. The van der Waals surface area contributed by atoms with Crippen molar-refractivity contribution in [3.8, 4) is 5.69 Å². The van der Waals surface area contributed by atoms with Gasteiger partial charge in [0.05, 0.1) is 17.9 Å². The van der Waals surface area contributed by atoms with Gasteiger partial charge in [0.25, 0.3) is 5.91 Å². The zero-order chi connectivity index (χ0) is 21.9. The number of anilines is 1. The number of nitrogens with one attached hydrogen (secondary N) is 2. The second-order valence-corrected chi connectivity index (χ2v) is 8.46. The molecule has 0 radical (unpaired) electrons. The minimum Gasteiger partial charge on any atom is -0.343 e. The first-order chi connectivity index (χ1) is 14.1. The summed E-state index contributed by atoms with van der Waals surface area (Å²) in [4.78, 5) is 24.8. The van der Waals surface area contributed by atoms with E-state index in [0.717, 1.165) is 22.5 Å². The Morgan fingerprint density at radius 2 is 1.70 bits per heavy atom. The second-order valence-electron chi connectivity index (χ2n) is 8.46. The molecule has 1 heterocycles. The van der Waals surface area contributed by atoms with Gasteiger partial charge in [0.1, 0.15) is 5.82 Å². The fraction of sp³-hybridized carbons (Fsp3) is 0.292. The van der Waals surface area contributed by atoms with Crippen LogP contribution in [0.15, 0.2) is 54.6 Å². The molecule has 0 aliphatic rings. The van der Waals surface area contributed by atoms with Crippen LogP contribution in [0.5, 0.6) is 0 Å². The maximum Gasteiger partial charge on any atom is 0.251 e. The molecule has 0 aliphatic heterocycles. The topological polar surface area (TPSA) is 76.0 Å². The van der Waals surface area contributed by atoms with Crippen LogP contribution in [0.1, 0.15) is 48.0 Å². The number of hydrogen-bond donors (Lipinski definition) is 2. The van der Waals surface area contributed by atoms with Gasteiger partial charge in [-0.2, -0.15) is 5.10 Å². The highest BCUT2D eigenvalue weighted by molar-refractivity contribution is 5.99. The Bertz CT molecular complexity index is 1060. The van der Waals surface area contributed by atoms with E-state index in [1.54, 1.807) is 28.9 Å². The zero-order valence-corrected chi connectivity index (χ0v) is 18.1. The van der Waals surface area contributed by atoms with Crippen molar-refractivity contribution >= 4 is 17.6 Å². The van der Waals surface area contributed by atoms with Crippen LogP contribution in [0, 0.1) is 13.8 Å². The quantitative estimate of drug-likeness (QED) is 0.671. The molecule has 6 heteroatoms. The molecule has 2 aromatic carbocycles. The highest BCUT2D eigenvalue weighted by atomic mass is 16.2. The van der Waals surface area contributed by atoms with Crippen molar-refractivity contribution in [2.45, 2.75) is 40.0 Å². The lowest BCUT2D eigenvalue weighted by atomic mass is 9.92. The van der Waals surface area contributed by atoms with Crippen LogP contribution >= 0.6 is 0 Å². The Morgan fingerprint density at radius 3 is 2.33 bits per heavy atom. The molecule has 30 heavy (non-hydrogen) atoms. The molecule has 0 bridgehead atoms. The molecule has 2 amide bonds. The monoisotopic (exact) mass is 404 g/mol. The van der Waals surface area contributed by atoms with Crippen LogP contribution in [-0.2, 0) is 10.2 Å². The lowest BCUT2D eigenvalue weighted by Crippen LogP contribution is -2.33. The van der Waals surface area contributed by atoms with E-state index in [2.05, 4.69) is 37.5 Å². The van der Waals surface area contributed by atoms with Crippen molar-refractivity contribution in [2.75, 3.05) is 11.9 Å². The lowest BCUT2D eigenvalue weighted by Gasteiger charge is -2.14. The van der Waals surface area contributed by atoms with Gasteiger partial charge in [0.15, 0.2) is 0 Å². The number of carbonyl (C=O) groups is 2. The van der Waals surface area contributed by atoms with E-state index in [-0.39, 0.29) is 23.8 Å². The number of rotatable bonds is 5. The van der Waals surface area contributed by atoms with E-state index in [9.17, 15) is 9.59 Å². The summed E-state index contributed by atoms with van der Waals surface area (Å²) in [5.74, 6) is -0.0273. The van der Waals surface area contributed by atoms with Crippen molar-refractivity contribution in [1.82, 2.24) is 15.1 Å². The van der Waals surface area contributed by atoms with Crippen molar-refractivity contribution in [1.29, 1.82) is 0 Å². The molecule has 3 rings (SSSR count). The first-order valence-corrected chi connectivity index (χ1v) is 9.96. The minimum absolute atomic E-state index is 0.128. The summed E-state index contributed by atoms with van der Waals surface area (Å²) in [6.45, 7) is 10.2. The standard InChI is InChI=1S/C24H28N4O2/c1-16-11-12-19(17(2)13-16)28-21(14-20(27-28)24(3,4)5)26-22(29)15-25-23(30)18-9-7-6-8-10-18/h6-14H,15H2,1-5H3,(H,25,30)(H,26,29). The molecule has 0 saturated carbocycles. The molecule has 0 unspecified atom stereocenters. The second kappa shape index (κ2) is 8.53. The minimum atomic E-state index is -0.314. The van der Waals surface area contributed by atoms with Gasteiger partial charge >= 0.3 is 0 Å². The Labute approximate surface area is 177 Å². The van der Waals surface area contributed by atoms with Gasteiger partial charge < -0.3 is 10.6 Å². The van der Waals surface area contributed by atoms with Crippen molar-refractivity contribution in [2.24, 2.45) is 0 Å². The van der Waals surface area contributed by atoms with Gasteiger partial charge in [0.2, 0.25) is 5.91 Å². The summed E-state index contributed by atoms with van der Waals surface area (Å²) in [5.41, 5.74) is 4.33. The number of aryl methyl sites for hydroxylation is 2. The highest BCUT2D eigenvalue weighted by Crippen LogP contribution is 2.27. The molecule has 0 saturated heterocycles. The summed E-state index contributed by atoms with van der Waals surface area (Å²) in [6.07, 6.45) is 0. The Balaban J connectivity index is 1.81. The third-order valence-electron chi connectivity index (χ3n) is 4.77. The molecule has 0 aliphatic carbocycles. The summed E-state index contributed by atoms with van der Waals surface area (Å²) >= 11 is 0. The maximum atomic E-state index is 12.6. The van der Waals surface area contributed by atoms with E-state index in [1.165, 1.54) is 0 Å². The van der Waals surface area contributed by atoms with E-state index >= 15 is 0 Å². The van der Waals surface area contributed by atoms with Crippen molar-refractivity contribution in [3.05, 3.63) is 77.0 Å².